The highest BCUT2D eigenvalue weighted by Crippen LogP contribution is 2.42. The second-order valence-corrected chi connectivity index (χ2v) is 5.54. The first kappa shape index (κ1) is 15.6. The van der Waals surface area contributed by atoms with E-state index >= 15 is 0 Å². The van der Waals surface area contributed by atoms with Gasteiger partial charge in [-0.3, -0.25) is 4.79 Å². The fourth-order valence-electron chi connectivity index (χ4n) is 3.17. The van der Waals surface area contributed by atoms with Gasteiger partial charge in [0.1, 0.15) is 0 Å². The van der Waals surface area contributed by atoms with Crippen molar-refractivity contribution in [3.63, 3.8) is 0 Å². The lowest BCUT2D eigenvalue weighted by atomic mass is 9.77. The predicted molar refractivity (Wildman–Crippen MR) is 66.9 cm³/mol. The monoisotopic (exact) mass is 294 g/mol. The van der Waals surface area contributed by atoms with Crippen LogP contribution in [0.2, 0.25) is 0 Å². The van der Waals surface area contributed by atoms with Crippen LogP contribution in [0.5, 0.6) is 0 Å². The molecule has 3 unspecified atom stereocenters. The van der Waals surface area contributed by atoms with Crippen molar-refractivity contribution in [2.24, 2.45) is 17.6 Å². The van der Waals surface area contributed by atoms with Gasteiger partial charge in [-0.1, -0.05) is 12.8 Å². The van der Waals surface area contributed by atoms with Crippen LogP contribution in [0.3, 0.4) is 0 Å². The average Bonchev–Trinajstić information content (AvgIpc) is 2.45. The number of hydrogen-bond donors (Lipinski definition) is 1. The van der Waals surface area contributed by atoms with E-state index in [9.17, 15) is 18.0 Å². The minimum Gasteiger partial charge on any atom is -0.377 e. The van der Waals surface area contributed by atoms with Crippen LogP contribution in [-0.4, -0.2) is 49.3 Å². The zero-order valence-corrected chi connectivity index (χ0v) is 11.4. The third-order valence-electron chi connectivity index (χ3n) is 4.29. The molecule has 0 aromatic carbocycles. The van der Waals surface area contributed by atoms with Crippen LogP contribution in [0.25, 0.3) is 0 Å². The number of nitrogens with zero attached hydrogens (tertiary/aromatic N) is 1. The van der Waals surface area contributed by atoms with Gasteiger partial charge in [0.25, 0.3) is 0 Å². The summed E-state index contributed by atoms with van der Waals surface area (Å²) in [7, 11) is 0. The average molecular weight is 294 g/mol. The van der Waals surface area contributed by atoms with Crippen LogP contribution in [-0.2, 0) is 9.53 Å². The van der Waals surface area contributed by atoms with Gasteiger partial charge in [0, 0.05) is 19.0 Å². The van der Waals surface area contributed by atoms with Gasteiger partial charge in [0.05, 0.1) is 25.2 Å². The molecular formula is C13H21F3N2O2. The van der Waals surface area contributed by atoms with Crippen LogP contribution in [0.1, 0.15) is 25.7 Å². The molecule has 4 nitrogen and oxygen atoms in total. The molecule has 2 rings (SSSR count). The number of ether oxygens (including phenoxy) is 1. The topological polar surface area (TPSA) is 55.6 Å². The molecule has 1 aliphatic heterocycles. The van der Waals surface area contributed by atoms with Gasteiger partial charge in [-0.05, 0) is 12.8 Å². The van der Waals surface area contributed by atoms with Crippen molar-refractivity contribution in [3.05, 3.63) is 0 Å². The van der Waals surface area contributed by atoms with E-state index in [2.05, 4.69) is 0 Å². The van der Waals surface area contributed by atoms with Crippen molar-refractivity contribution >= 4 is 5.91 Å². The van der Waals surface area contributed by atoms with Gasteiger partial charge in [-0.15, -0.1) is 0 Å². The number of hydrogen-bond acceptors (Lipinski definition) is 3. The van der Waals surface area contributed by atoms with Crippen molar-refractivity contribution in [2.75, 3.05) is 26.3 Å². The number of halogens is 3. The van der Waals surface area contributed by atoms with Crippen molar-refractivity contribution in [1.82, 2.24) is 4.90 Å². The molecule has 1 saturated heterocycles. The summed E-state index contributed by atoms with van der Waals surface area (Å²) < 4.78 is 44.5. The van der Waals surface area contributed by atoms with E-state index in [4.69, 9.17) is 10.5 Å². The molecule has 0 radical (unpaired) electrons. The van der Waals surface area contributed by atoms with Gasteiger partial charge >= 0.3 is 6.18 Å². The summed E-state index contributed by atoms with van der Waals surface area (Å²) in [5.41, 5.74) is 5.59. The molecule has 2 aliphatic rings. The summed E-state index contributed by atoms with van der Waals surface area (Å²) in [4.78, 5) is 14.0. The maximum atomic E-state index is 13.1. The zero-order valence-electron chi connectivity index (χ0n) is 11.4. The Morgan fingerprint density at radius 3 is 2.65 bits per heavy atom. The molecular weight excluding hydrogens is 273 g/mol. The van der Waals surface area contributed by atoms with E-state index < -0.39 is 23.9 Å². The van der Waals surface area contributed by atoms with E-state index in [1.165, 1.54) is 4.90 Å². The highest BCUT2D eigenvalue weighted by atomic mass is 19.4. The molecule has 0 aromatic heterocycles. The molecule has 1 aliphatic carbocycles. The largest absolute Gasteiger partial charge is 0.392 e. The molecule has 2 fully saturated rings. The first-order valence-electron chi connectivity index (χ1n) is 7.10. The fourth-order valence-corrected chi connectivity index (χ4v) is 3.17. The van der Waals surface area contributed by atoms with Crippen molar-refractivity contribution in [2.45, 2.75) is 37.9 Å². The van der Waals surface area contributed by atoms with E-state index in [0.29, 0.717) is 39.0 Å². The number of amides is 1. The molecule has 1 amide bonds. The summed E-state index contributed by atoms with van der Waals surface area (Å²) >= 11 is 0. The number of morpholine rings is 1. The minimum atomic E-state index is -4.30. The Bertz CT molecular complexity index is 349. The molecule has 116 valence electrons. The highest BCUT2D eigenvalue weighted by Gasteiger charge is 2.49. The Kier molecular flexibility index (Phi) is 4.90. The molecule has 20 heavy (non-hydrogen) atoms. The van der Waals surface area contributed by atoms with Gasteiger partial charge < -0.3 is 15.4 Å². The van der Waals surface area contributed by atoms with E-state index in [1.54, 1.807) is 0 Å². The molecule has 3 atom stereocenters. The molecule has 0 spiro atoms. The number of alkyl halides is 3. The predicted octanol–water partition coefficient (Wildman–Crippen LogP) is 1.54. The summed E-state index contributed by atoms with van der Waals surface area (Å²) in [6.45, 7) is 1.23. The van der Waals surface area contributed by atoms with Crippen molar-refractivity contribution in [3.8, 4) is 0 Å². The summed E-state index contributed by atoms with van der Waals surface area (Å²) in [6.07, 6.45) is -2.71. The SMILES string of the molecule is NCC1COCCN1C(=O)C1CCCCC1C(F)(F)F. The molecule has 1 heterocycles. The second-order valence-electron chi connectivity index (χ2n) is 5.54. The number of nitrogens with two attached hydrogens (primary N) is 1. The van der Waals surface area contributed by atoms with E-state index in [-0.39, 0.29) is 19.0 Å². The highest BCUT2D eigenvalue weighted by molar-refractivity contribution is 5.80. The van der Waals surface area contributed by atoms with Crippen LogP contribution in [0, 0.1) is 11.8 Å². The number of rotatable bonds is 2. The Hall–Kier alpha value is -0.820. The lowest BCUT2D eigenvalue weighted by Crippen LogP contribution is -2.55. The number of carbonyl (C=O) groups is 1. The Morgan fingerprint density at radius 1 is 1.30 bits per heavy atom. The summed E-state index contributed by atoms with van der Waals surface area (Å²) in [6, 6.07) is -0.299. The van der Waals surface area contributed by atoms with Gasteiger partial charge in [0.2, 0.25) is 5.91 Å². The lowest BCUT2D eigenvalue weighted by molar-refractivity contribution is -0.202. The summed E-state index contributed by atoms with van der Waals surface area (Å²) in [5, 5.41) is 0. The Balaban J connectivity index is 2.12. The van der Waals surface area contributed by atoms with Crippen molar-refractivity contribution in [1.29, 1.82) is 0 Å². The third kappa shape index (κ3) is 3.25. The Morgan fingerprint density at radius 2 is 2.00 bits per heavy atom. The quantitative estimate of drug-likeness (QED) is 0.840. The van der Waals surface area contributed by atoms with Gasteiger partial charge in [0.15, 0.2) is 0 Å². The Labute approximate surface area is 116 Å². The lowest BCUT2D eigenvalue weighted by Gasteiger charge is -2.40. The molecule has 0 bridgehead atoms. The van der Waals surface area contributed by atoms with E-state index in [1.807, 2.05) is 0 Å². The minimum absolute atomic E-state index is 0.0531. The normalized spacial score (nSPS) is 32.2. The smallest absolute Gasteiger partial charge is 0.377 e. The fraction of sp³-hybridized carbons (Fsp3) is 0.923. The maximum Gasteiger partial charge on any atom is 0.392 e. The van der Waals surface area contributed by atoms with Crippen LogP contribution >= 0.6 is 0 Å². The van der Waals surface area contributed by atoms with Crippen molar-refractivity contribution < 1.29 is 22.7 Å². The molecule has 7 heteroatoms. The second kappa shape index (κ2) is 6.30. The molecule has 2 N–H and O–H groups in total. The third-order valence-corrected chi connectivity index (χ3v) is 4.29. The van der Waals surface area contributed by atoms with Gasteiger partial charge in [-0.2, -0.15) is 13.2 Å². The van der Waals surface area contributed by atoms with Crippen LogP contribution in [0.15, 0.2) is 0 Å². The number of carbonyl (C=O) groups excluding carboxylic acids is 1. The first-order valence-corrected chi connectivity index (χ1v) is 7.10. The summed E-state index contributed by atoms with van der Waals surface area (Å²) in [5.74, 6) is -2.85. The van der Waals surface area contributed by atoms with E-state index in [0.717, 1.165) is 0 Å². The maximum absolute atomic E-state index is 13.1. The molecule has 0 aromatic rings. The molecule has 1 saturated carbocycles. The van der Waals surface area contributed by atoms with Crippen LogP contribution < -0.4 is 5.73 Å². The van der Waals surface area contributed by atoms with Crippen LogP contribution in [0.4, 0.5) is 13.2 Å². The zero-order chi connectivity index (χ0) is 14.8. The standard InChI is InChI=1S/C13H21F3N2O2/c14-13(15,16)11-4-2-1-3-10(11)12(19)18-5-6-20-8-9(18)7-17/h9-11H,1-8,17H2. The first-order chi connectivity index (χ1) is 9.45. The van der Waals surface area contributed by atoms with Gasteiger partial charge in [-0.25, -0.2) is 0 Å².